The minimum absolute atomic E-state index is 0.0595. The number of aliphatic imine (C=N–C) groups is 1. The summed E-state index contributed by atoms with van der Waals surface area (Å²) in [6, 6.07) is 1.13. The molecular weight excluding hydrogens is 457 g/mol. The molecule has 0 fully saturated rings. The highest BCUT2D eigenvalue weighted by Crippen LogP contribution is 2.42. The molecule has 1 amide bonds. The molecule has 2 heterocycles. The molecule has 156 valence electrons. The first kappa shape index (κ1) is 22.3. The van der Waals surface area contributed by atoms with Crippen LogP contribution in [0.15, 0.2) is 21.7 Å². The van der Waals surface area contributed by atoms with E-state index in [1.807, 2.05) is 5.32 Å². The second-order valence-electron chi connectivity index (χ2n) is 7.14. The minimum atomic E-state index is -5.17. The van der Waals surface area contributed by atoms with E-state index in [1.54, 1.807) is 0 Å². The number of pyridine rings is 1. The maximum atomic E-state index is 14.9. The van der Waals surface area contributed by atoms with E-state index in [4.69, 9.17) is 4.74 Å². The fraction of sp³-hybridized carbons (Fsp3) is 0.562. The quantitative estimate of drug-likeness (QED) is 0.485. The summed E-state index contributed by atoms with van der Waals surface area (Å²) in [4.78, 5) is 19.3. The van der Waals surface area contributed by atoms with Gasteiger partial charge in [0.25, 0.3) is 6.02 Å². The van der Waals surface area contributed by atoms with E-state index in [1.165, 1.54) is 26.8 Å². The van der Waals surface area contributed by atoms with Crippen LogP contribution in [0.2, 0.25) is 0 Å². The molecule has 3 atom stereocenters. The van der Waals surface area contributed by atoms with E-state index in [0.29, 0.717) is 0 Å². The maximum absolute atomic E-state index is 14.9. The standard InChI is InChI=1S/C16H17BrF5N3O3/c1-14(2,3)28-13(26)24-12-25-15(4,9(19)11(27-12)16(20,21)22)10-7(18)5-6-8(17)23-10/h5-6,9,11H,1-4H3,(H,24,25,26)/t9-,11-,15-/m0/s1. The lowest BCUT2D eigenvalue weighted by atomic mass is 9.87. The first-order valence-electron chi connectivity index (χ1n) is 7.93. The number of halogens is 6. The van der Waals surface area contributed by atoms with Gasteiger partial charge >= 0.3 is 12.3 Å². The first-order valence-corrected chi connectivity index (χ1v) is 8.72. The lowest BCUT2D eigenvalue weighted by molar-refractivity contribution is -0.228. The number of hydrogen-bond donors (Lipinski definition) is 1. The number of nitrogens with one attached hydrogen (secondary N) is 1. The van der Waals surface area contributed by atoms with E-state index >= 15 is 0 Å². The Kier molecular flexibility index (Phi) is 5.94. The van der Waals surface area contributed by atoms with Gasteiger partial charge in [0.2, 0.25) is 6.10 Å². The van der Waals surface area contributed by atoms with Gasteiger partial charge in [0.15, 0.2) is 6.17 Å². The van der Waals surface area contributed by atoms with Gasteiger partial charge in [-0.1, -0.05) is 0 Å². The summed E-state index contributed by atoms with van der Waals surface area (Å²) in [5, 5.41) is 1.90. The Morgan fingerprint density at radius 2 is 1.93 bits per heavy atom. The molecular formula is C16H17BrF5N3O3. The number of aromatic nitrogens is 1. The third-order valence-corrected chi connectivity index (χ3v) is 4.04. The average molecular weight is 474 g/mol. The maximum Gasteiger partial charge on any atom is 0.428 e. The zero-order chi connectivity index (χ0) is 21.5. The number of ether oxygens (including phenoxy) is 2. The summed E-state index contributed by atoms with van der Waals surface area (Å²) < 4.78 is 78.6. The van der Waals surface area contributed by atoms with Gasteiger partial charge < -0.3 is 9.47 Å². The molecule has 0 spiro atoms. The van der Waals surface area contributed by atoms with Crippen molar-refractivity contribution >= 4 is 28.0 Å². The van der Waals surface area contributed by atoms with Gasteiger partial charge in [-0.05, 0) is 55.8 Å². The van der Waals surface area contributed by atoms with Crippen LogP contribution in [-0.4, -0.2) is 41.2 Å². The summed E-state index contributed by atoms with van der Waals surface area (Å²) in [6.07, 6.45) is -12.2. The Hall–Kier alpha value is -1.98. The van der Waals surface area contributed by atoms with Crippen LogP contribution in [0.4, 0.5) is 26.7 Å². The molecule has 0 radical (unpaired) electrons. The van der Waals surface area contributed by atoms with Crippen molar-refractivity contribution in [3.8, 4) is 0 Å². The van der Waals surface area contributed by atoms with Crippen molar-refractivity contribution in [2.45, 2.75) is 57.3 Å². The SMILES string of the molecule is CC(C)(C)OC(=O)NC1=N[C@](C)(c2nc(Br)ccc2F)[C@@H](F)[C@@H](C(F)(F)F)O1. The molecule has 0 unspecified atom stereocenters. The fourth-order valence-corrected chi connectivity index (χ4v) is 2.72. The summed E-state index contributed by atoms with van der Waals surface area (Å²) >= 11 is 2.96. The van der Waals surface area contributed by atoms with Crippen LogP contribution in [0.1, 0.15) is 33.4 Å². The first-order chi connectivity index (χ1) is 12.6. The van der Waals surface area contributed by atoms with Crippen molar-refractivity contribution in [1.82, 2.24) is 10.3 Å². The smallest absolute Gasteiger partial charge is 0.428 e. The molecule has 1 N–H and O–H groups in total. The molecule has 6 nitrogen and oxygen atoms in total. The summed E-state index contributed by atoms with van der Waals surface area (Å²) in [6.45, 7) is 5.50. The predicted molar refractivity (Wildman–Crippen MR) is 91.9 cm³/mol. The Balaban J connectivity index is 2.51. The van der Waals surface area contributed by atoms with Gasteiger partial charge in [0.05, 0.1) is 0 Å². The highest BCUT2D eigenvalue weighted by molar-refractivity contribution is 9.10. The van der Waals surface area contributed by atoms with Crippen LogP contribution < -0.4 is 5.32 Å². The summed E-state index contributed by atoms with van der Waals surface area (Å²) in [7, 11) is 0. The molecule has 1 aliphatic rings. The van der Waals surface area contributed by atoms with Crippen LogP contribution in [0.3, 0.4) is 0 Å². The van der Waals surface area contributed by atoms with Gasteiger partial charge in [0.1, 0.15) is 27.3 Å². The third-order valence-electron chi connectivity index (χ3n) is 3.60. The van der Waals surface area contributed by atoms with Crippen molar-refractivity contribution in [1.29, 1.82) is 0 Å². The van der Waals surface area contributed by atoms with Gasteiger partial charge in [-0.2, -0.15) is 13.2 Å². The molecule has 0 aromatic carbocycles. The number of nitrogens with zero attached hydrogens (tertiary/aromatic N) is 2. The monoisotopic (exact) mass is 473 g/mol. The van der Waals surface area contributed by atoms with Gasteiger partial charge in [0, 0.05) is 0 Å². The van der Waals surface area contributed by atoms with Gasteiger partial charge in [-0.15, -0.1) is 0 Å². The lowest BCUT2D eigenvalue weighted by Gasteiger charge is -2.39. The van der Waals surface area contributed by atoms with Crippen LogP contribution >= 0.6 is 15.9 Å². The number of carbonyl (C=O) groups is 1. The van der Waals surface area contributed by atoms with Crippen molar-refractivity contribution in [2.24, 2.45) is 4.99 Å². The zero-order valence-corrected chi connectivity index (χ0v) is 16.8. The Morgan fingerprint density at radius 1 is 1.32 bits per heavy atom. The van der Waals surface area contributed by atoms with Crippen molar-refractivity contribution in [3.05, 3.63) is 28.2 Å². The molecule has 0 aliphatic carbocycles. The highest BCUT2D eigenvalue weighted by atomic mass is 79.9. The van der Waals surface area contributed by atoms with E-state index in [2.05, 4.69) is 30.6 Å². The predicted octanol–water partition coefficient (Wildman–Crippen LogP) is 4.38. The molecule has 0 saturated heterocycles. The molecule has 0 saturated carbocycles. The van der Waals surface area contributed by atoms with Crippen molar-refractivity contribution < 1.29 is 36.2 Å². The number of alkyl halides is 4. The highest BCUT2D eigenvalue weighted by Gasteiger charge is 2.59. The average Bonchev–Trinajstić information content (AvgIpc) is 2.50. The number of amides is 1. The van der Waals surface area contributed by atoms with Crippen LogP contribution in [0, 0.1) is 5.82 Å². The molecule has 28 heavy (non-hydrogen) atoms. The summed E-state index contributed by atoms with van der Waals surface area (Å²) in [5.41, 5.74) is -4.08. The minimum Gasteiger partial charge on any atom is -0.449 e. The number of alkyl carbamates (subject to hydrolysis) is 1. The third kappa shape index (κ3) is 4.89. The Labute approximate surface area is 165 Å². The molecule has 1 aromatic heterocycles. The second kappa shape index (κ2) is 7.45. The van der Waals surface area contributed by atoms with E-state index in [-0.39, 0.29) is 4.60 Å². The van der Waals surface area contributed by atoms with Gasteiger partial charge in [-0.25, -0.2) is 28.9 Å². The van der Waals surface area contributed by atoms with E-state index < -0.39 is 53.2 Å². The van der Waals surface area contributed by atoms with Crippen LogP contribution in [0.25, 0.3) is 0 Å². The lowest BCUT2D eigenvalue weighted by Crippen LogP contribution is -2.57. The molecule has 2 rings (SSSR count). The molecule has 1 aromatic rings. The van der Waals surface area contributed by atoms with E-state index in [0.717, 1.165) is 13.0 Å². The molecule has 1 aliphatic heterocycles. The number of carbonyl (C=O) groups excluding carboxylic acids is 1. The Morgan fingerprint density at radius 3 is 2.46 bits per heavy atom. The second-order valence-corrected chi connectivity index (χ2v) is 7.95. The number of amidine groups is 1. The number of hydrogen-bond acceptors (Lipinski definition) is 5. The number of rotatable bonds is 1. The van der Waals surface area contributed by atoms with Crippen LogP contribution in [-0.2, 0) is 15.0 Å². The van der Waals surface area contributed by atoms with E-state index in [9.17, 15) is 26.7 Å². The topological polar surface area (TPSA) is 72.8 Å². The zero-order valence-electron chi connectivity index (χ0n) is 15.2. The van der Waals surface area contributed by atoms with Crippen molar-refractivity contribution in [3.63, 3.8) is 0 Å². The summed E-state index contributed by atoms with van der Waals surface area (Å²) in [5.74, 6) is -1.07. The Bertz CT molecular complexity index is 797. The largest absolute Gasteiger partial charge is 0.449 e. The van der Waals surface area contributed by atoms with Crippen molar-refractivity contribution in [2.75, 3.05) is 0 Å². The molecule has 0 bridgehead atoms. The van der Waals surface area contributed by atoms with Gasteiger partial charge in [-0.3, -0.25) is 0 Å². The normalized spacial score (nSPS) is 25.6. The fourth-order valence-electron chi connectivity index (χ4n) is 2.41. The van der Waals surface area contributed by atoms with Crippen LogP contribution in [0.5, 0.6) is 0 Å². The molecule has 12 heteroatoms.